The molecule has 1 heterocycles. The number of anilines is 1. The Labute approximate surface area is 73.0 Å². The van der Waals surface area contributed by atoms with E-state index in [1.165, 1.54) is 18.7 Å². The third-order valence-corrected chi connectivity index (χ3v) is 1.22. The van der Waals surface area contributed by atoms with Crippen molar-refractivity contribution in [2.45, 2.75) is 12.8 Å². The topological polar surface area (TPSA) is 54.9 Å². The fourth-order valence-corrected chi connectivity index (χ4v) is 0.604. The van der Waals surface area contributed by atoms with Crippen LogP contribution in [0.1, 0.15) is 6.92 Å². The Morgan fingerprint density at radius 2 is 2.00 bits per heavy atom. The number of alkyl halides is 2. The third kappa shape index (κ3) is 2.73. The van der Waals surface area contributed by atoms with Gasteiger partial charge in [-0.15, -0.1) is 0 Å². The Bertz CT molecular complexity index is 296. The van der Waals surface area contributed by atoms with Crippen molar-refractivity contribution in [1.29, 1.82) is 0 Å². The molecule has 0 aliphatic carbocycles. The molecule has 0 aromatic carbocycles. The smallest absolute Gasteiger partial charge is 0.318 e. The van der Waals surface area contributed by atoms with E-state index in [1.807, 2.05) is 5.32 Å². The number of carbonyl (C=O) groups excluding carboxylic acids is 1. The molecule has 13 heavy (non-hydrogen) atoms. The molecule has 0 radical (unpaired) electrons. The van der Waals surface area contributed by atoms with Gasteiger partial charge in [-0.1, -0.05) is 0 Å². The van der Waals surface area contributed by atoms with Crippen molar-refractivity contribution >= 4 is 11.6 Å². The summed E-state index contributed by atoms with van der Waals surface area (Å²) in [5, 5.41) is 1.97. The van der Waals surface area contributed by atoms with E-state index in [1.54, 1.807) is 0 Å². The normalized spacial score (nSPS) is 11.0. The molecule has 1 amide bonds. The van der Waals surface area contributed by atoms with Gasteiger partial charge in [0.25, 0.3) is 5.91 Å². The number of nitrogens with one attached hydrogen (secondary N) is 1. The first-order chi connectivity index (χ1) is 6.00. The molecule has 70 valence electrons. The molecule has 4 nitrogen and oxygen atoms in total. The van der Waals surface area contributed by atoms with Gasteiger partial charge in [0.05, 0.1) is 18.1 Å². The molecule has 0 aliphatic rings. The largest absolute Gasteiger partial charge is 0.322 e. The lowest BCUT2D eigenvalue weighted by molar-refractivity contribution is -0.137. The predicted octanol–water partition coefficient (Wildman–Crippen LogP) is 1.07. The number of halogens is 2. The maximum atomic E-state index is 12.3. The molecule has 0 saturated heterocycles. The van der Waals surface area contributed by atoms with Gasteiger partial charge in [-0.05, 0) is 0 Å². The maximum absolute atomic E-state index is 12.3. The van der Waals surface area contributed by atoms with E-state index in [4.69, 9.17) is 0 Å². The van der Waals surface area contributed by atoms with Gasteiger partial charge in [0.15, 0.2) is 0 Å². The number of hydrogen-bond donors (Lipinski definition) is 1. The molecule has 1 aromatic heterocycles. The predicted molar refractivity (Wildman–Crippen MR) is 41.3 cm³/mol. The number of carbonyl (C=O) groups is 1. The minimum Gasteiger partial charge on any atom is -0.318 e. The van der Waals surface area contributed by atoms with Gasteiger partial charge in [-0.25, -0.2) is 9.97 Å². The lowest BCUT2D eigenvalue weighted by atomic mass is 10.3. The molecule has 1 N–H and O–H groups in total. The molecule has 0 atom stereocenters. The van der Waals surface area contributed by atoms with Crippen molar-refractivity contribution in [3.05, 3.63) is 18.7 Å². The van der Waals surface area contributed by atoms with Crippen LogP contribution >= 0.6 is 0 Å². The van der Waals surface area contributed by atoms with Crippen molar-refractivity contribution in [1.82, 2.24) is 9.97 Å². The summed E-state index contributed by atoms with van der Waals surface area (Å²) >= 11 is 0. The highest BCUT2D eigenvalue weighted by Gasteiger charge is 2.32. The number of hydrogen-bond acceptors (Lipinski definition) is 3. The summed E-state index contributed by atoms with van der Waals surface area (Å²) in [6.07, 6.45) is 3.70. The van der Waals surface area contributed by atoms with Crippen molar-refractivity contribution in [3.63, 3.8) is 0 Å². The number of amides is 1. The van der Waals surface area contributed by atoms with Gasteiger partial charge < -0.3 is 5.32 Å². The van der Waals surface area contributed by atoms with Gasteiger partial charge in [-0.2, -0.15) is 8.78 Å². The lowest BCUT2D eigenvalue weighted by Crippen LogP contribution is -2.31. The third-order valence-electron chi connectivity index (χ3n) is 1.22. The molecular weight excluding hydrogens is 180 g/mol. The van der Waals surface area contributed by atoms with Crippen LogP contribution in [0.3, 0.4) is 0 Å². The first-order valence-corrected chi connectivity index (χ1v) is 3.44. The van der Waals surface area contributed by atoms with Crippen molar-refractivity contribution in [2.24, 2.45) is 0 Å². The van der Waals surface area contributed by atoms with Crippen LogP contribution in [0.2, 0.25) is 0 Å². The summed E-state index contributed by atoms with van der Waals surface area (Å²) in [5.41, 5.74) is 0.147. The molecular formula is C7H7F2N3O. The van der Waals surface area contributed by atoms with Crippen LogP contribution in [0.15, 0.2) is 18.7 Å². The summed E-state index contributed by atoms with van der Waals surface area (Å²) in [6, 6.07) is 0. The molecule has 0 spiro atoms. The van der Waals surface area contributed by atoms with E-state index in [0.29, 0.717) is 6.92 Å². The Morgan fingerprint density at radius 3 is 2.46 bits per heavy atom. The minimum absolute atomic E-state index is 0.147. The first kappa shape index (κ1) is 9.50. The van der Waals surface area contributed by atoms with Crippen LogP contribution in [-0.2, 0) is 4.79 Å². The number of rotatable bonds is 2. The van der Waals surface area contributed by atoms with Crippen LogP contribution in [-0.4, -0.2) is 21.8 Å². The maximum Gasteiger partial charge on any atom is 0.322 e. The quantitative estimate of drug-likeness (QED) is 0.753. The van der Waals surface area contributed by atoms with Crippen LogP contribution in [0.5, 0.6) is 0 Å². The number of nitrogens with zero attached hydrogens (tertiary/aromatic N) is 2. The minimum atomic E-state index is -3.39. The first-order valence-electron chi connectivity index (χ1n) is 3.44. The van der Waals surface area contributed by atoms with Gasteiger partial charge >= 0.3 is 5.92 Å². The summed E-state index contributed by atoms with van der Waals surface area (Å²) in [6.45, 7) is 0.520. The molecule has 0 unspecified atom stereocenters. The second-order valence-electron chi connectivity index (χ2n) is 2.47. The highest BCUT2D eigenvalue weighted by atomic mass is 19.3. The highest BCUT2D eigenvalue weighted by molar-refractivity contribution is 5.95. The van der Waals surface area contributed by atoms with Crippen LogP contribution in [0.4, 0.5) is 14.5 Å². The molecule has 1 aromatic rings. The lowest BCUT2D eigenvalue weighted by Gasteiger charge is -2.09. The Balaban J connectivity index is 2.66. The van der Waals surface area contributed by atoms with E-state index >= 15 is 0 Å². The summed E-state index contributed by atoms with van der Waals surface area (Å²) in [4.78, 5) is 17.8. The molecule has 0 bridgehead atoms. The zero-order valence-electron chi connectivity index (χ0n) is 6.79. The van der Waals surface area contributed by atoms with Crippen LogP contribution < -0.4 is 5.32 Å². The fourth-order valence-electron chi connectivity index (χ4n) is 0.604. The second-order valence-corrected chi connectivity index (χ2v) is 2.47. The fraction of sp³-hybridized carbons (Fsp3) is 0.286. The van der Waals surface area contributed by atoms with E-state index in [0.717, 1.165) is 0 Å². The van der Waals surface area contributed by atoms with E-state index < -0.39 is 11.8 Å². The standard InChI is InChI=1S/C7H7F2N3O/c1-7(8,9)6(13)12-5-2-10-4-11-3-5/h2-4H,1H3,(H,12,13). The van der Waals surface area contributed by atoms with Gasteiger partial charge in [0.1, 0.15) is 6.33 Å². The highest BCUT2D eigenvalue weighted by Crippen LogP contribution is 2.14. The zero-order valence-corrected chi connectivity index (χ0v) is 6.79. The Hall–Kier alpha value is -1.59. The average molecular weight is 187 g/mol. The summed E-state index contributed by atoms with van der Waals surface area (Å²) in [5.74, 6) is -4.77. The number of aromatic nitrogens is 2. The molecule has 0 fully saturated rings. The summed E-state index contributed by atoms with van der Waals surface area (Å²) in [7, 11) is 0. The van der Waals surface area contributed by atoms with Crippen molar-refractivity contribution < 1.29 is 13.6 Å². The molecule has 0 aliphatic heterocycles. The van der Waals surface area contributed by atoms with Crippen molar-refractivity contribution in [2.75, 3.05) is 5.32 Å². The van der Waals surface area contributed by atoms with Gasteiger partial charge in [-0.3, -0.25) is 4.79 Å². The van der Waals surface area contributed by atoms with Gasteiger partial charge in [0, 0.05) is 6.92 Å². The average Bonchev–Trinajstić information content (AvgIpc) is 2.04. The molecule has 6 heteroatoms. The molecule has 1 rings (SSSR count). The second kappa shape index (κ2) is 3.42. The van der Waals surface area contributed by atoms with Crippen LogP contribution in [0, 0.1) is 0 Å². The zero-order chi connectivity index (χ0) is 9.90. The SMILES string of the molecule is CC(F)(F)C(=O)Nc1cncnc1. The summed E-state index contributed by atoms with van der Waals surface area (Å²) < 4.78 is 24.7. The van der Waals surface area contributed by atoms with E-state index in [9.17, 15) is 13.6 Å². The molecule has 0 saturated carbocycles. The monoisotopic (exact) mass is 187 g/mol. The van der Waals surface area contributed by atoms with Crippen LogP contribution in [0.25, 0.3) is 0 Å². The van der Waals surface area contributed by atoms with Crippen molar-refractivity contribution in [3.8, 4) is 0 Å². The Kier molecular flexibility index (Phi) is 2.50. The Morgan fingerprint density at radius 1 is 1.46 bits per heavy atom. The van der Waals surface area contributed by atoms with E-state index in [2.05, 4.69) is 9.97 Å². The van der Waals surface area contributed by atoms with Gasteiger partial charge in [0.2, 0.25) is 0 Å². The van der Waals surface area contributed by atoms with E-state index in [-0.39, 0.29) is 5.69 Å².